The van der Waals surface area contributed by atoms with Crippen LogP contribution in [0.15, 0.2) is 115 Å². The second-order valence-electron chi connectivity index (χ2n) is 12.0. The number of aryl methyl sites for hydroxylation is 3. The van der Waals surface area contributed by atoms with Crippen molar-refractivity contribution >= 4 is 0 Å². The van der Waals surface area contributed by atoms with Crippen molar-refractivity contribution in [3.8, 4) is 11.1 Å². The van der Waals surface area contributed by atoms with Gasteiger partial charge in [0.05, 0.1) is 17.3 Å². The summed E-state index contributed by atoms with van der Waals surface area (Å²) >= 11 is 0. The highest BCUT2D eigenvalue weighted by Crippen LogP contribution is 2.38. The van der Waals surface area contributed by atoms with Crippen LogP contribution in [0.2, 0.25) is 0 Å². The van der Waals surface area contributed by atoms with Gasteiger partial charge in [-0.15, -0.1) is 0 Å². The van der Waals surface area contributed by atoms with Crippen LogP contribution in [-0.4, -0.2) is 0 Å². The Hall–Kier alpha value is -4.04. The van der Waals surface area contributed by atoms with Crippen LogP contribution in [0.25, 0.3) is 11.1 Å². The predicted molar refractivity (Wildman–Crippen MR) is 165 cm³/mol. The minimum atomic E-state index is -0.256. The van der Waals surface area contributed by atoms with E-state index in [0.29, 0.717) is 0 Å². The fraction of sp³-hybridized carbons (Fsp3) is 0.263. The highest BCUT2D eigenvalue weighted by molar-refractivity contribution is 5.66. The van der Waals surface area contributed by atoms with Gasteiger partial charge in [0, 0.05) is 24.3 Å². The zero-order chi connectivity index (χ0) is 28.5. The van der Waals surface area contributed by atoms with Crippen LogP contribution in [0.5, 0.6) is 0 Å². The summed E-state index contributed by atoms with van der Waals surface area (Å²) in [6.45, 7) is 11.6. The fourth-order valence-electron chi connectivity index (χ4n) is 6.66. The molecule has 5 rings (SSSR count). The van der Waals surface area contributed by atoms with Crippen LogP contribution in [0, 0.1) is 13.8 Å². The second kappa shape index (κ2) is 10.8. The number of rotatable bonds is 7. The van der Waals surface area contributed by atoms with Crippen LogP contribution in [-0.2, 0) is 31.3 Å². The topological polar surface area (TPSA) is 7.76 Å². The lowest BCUT2D eigenvalue weighted by Crippen LogP contribution is -2.49. The number of pyridine rings is 2. The molecule has 0 radical (unpaired) electrons. The van der Waals surface area contributed by atoms with Gasteiger partial charge in [0.25, 0.3) is 0 Å². The molecule has 2 heterocycles. The second-order valence-corrected chi connectivity index (χ2v) is 12.0. The van der Waals surface area contributed by atoms with Crippen molar-refractivity contribution in [1.29, 1.82) is 0 Å². The molecular weight excluding hydrogens is 484 g/mol. The van der Waals surface area contributed by atoms with Gasteiger partial charge >= 0.3 is 0 Å². The van der Waals surface area contributed by atoms with E-state index >= 15 is 0 Å². The molecule has 40 heavy (non-hydrogen) atoms. The average molecular weight is 527 g/mol. The summed E-state index contributed by atoms with van der Waals surface area (Å²) in [5.41, 5.74) is 11.4. The van der Waals surface area contributed by atoms with E-state index in [0.717, 1.165) is 6.42 Å². The molecule has 0 amide bonds. The third-order valence-corrected chi connectivity index (χ3v) is 8.89. The maximum atomic E-state index is 2.43. The first kappa shape index (κ1) is 27.5. The molecule has 2 nitrogen and oxygen atoms in total. The Morgan fingerprint density at radius 1 is 0.575 bits per heavy atom. The van der Waals surface area contributed by atoms with E-state index in [-0.39, 0.29) is 10.8 Å². The van der Waals surface area contributed by atoms with Crippen molar-refractivity contribution in [2.45, 2.75) is 51.9 Å². The summed E-state index contributed by atoms with van der Waals surface area (Å²) in [6.07, 6.45) is 3.04. The molecule has 3 aromatic carbocycles. The molecule has 0 aliphatic carbocycles. The van der Waals surface area contributed by atoms with Gasteiger partial charge in [-0.05, 0) is 80.1 Å². The number of aromatic nitrogens is 2. The SMILES string of the molecule is Cc1ccccc1C(C)(C)c1cccc(CC(C)(c2cc(-c3ccccc3)ccc2C)c2cccc[n+]2C)[n+]1C. The molecule has 1 atom stereocenters. The number of hydrogen-bond donors (Lipinski definition) is 0. The van der Waals surface area contributed by atoms with Crippen molar-refractivity contribution in [3.63, 3.8) is 0 Å². The Balaban J connectivity index is 1.68. The molecule has 0 aliphatic heterocycles. The lowest BCUT2D eigenvalue weighted by Gasteiger charge is -2.30. The van der Waals surface area contributed by atoms with E-state index in [1.807, 2.05) is 0 Å². The first-order valence-corrected chi connectivity index (χ1v) is 14.3. The molecule has 1 unspecified atom stereocenters. The summed E-state index contributed by atoms with van der Waals surface area (Å²) in [6, 6.07) is 39.8. The molecule has 0 fully saturated rings. The molecule has 0 aliphatic rings. The van der Waals surface area contributed by atoms with Gasteiger partial charge in [0.1, 0.15) is 14.1 Å². The average Bonchev–Trinajstić information content (AvgIpc) is 2.95. The normalized spacial score (nSPS) is 13.2. The van der Waals surface area contributed by atoms with E-state index in [4.69, 9.17) is 0 Å². The van der Waals surface area contributed by atoms with Crippen molar-refractivity contribution in [2.24, 2.45) is 14.1 Å². The minimum Gasteiger partial charge on any atom is -0.204 e. The number of hydrogen-bond acceptors (Lipinski definition) is 0. The summed E-state index contributed by atoms with van der Waals surface area (Å²) in [5.74, 6) is 0. The van der Waals surface area contributed by atoms with Crippen molar-refractivity contribution < 1.29 is 9.13 Å². The zero-order valence-electron chi connectivity index (χ0n) is 25.1. The first-order valence-electron chi connectivity index (χ1n) is 14.3. The highest BCUT2D eigenvalue weighted by atomic mass is 15.0. The fourth-order valence-corrected chi connectivity index (χ4v) is 6.66. The Morgan fingerprint density at radius 2 is 1.23 bits per heavy atom. The lowest BCUT2D eigenvalue weighted by atomic mass is 9.72. The zero-order valence-corrected chi connectivity index (χ0v) is 25.1. The quantitative estimate of drug-likeness (QED) is 0.194. The summed E-state index contributed by atoms with van der Waals surface area (Å²) < 4.78 is 4.72. The summed E-state index contributed by atoms with van der Waals surface area (Å²) in [4.78, 5) is 0. The molecule has 0 saturated carbocycles. The Labute approximate surface area is 240 Å². The number of benzene rings is 3. The van der Waals surface area contributed by atoms with Crippen LogP contribution >= 0.6 is 0 Å². The van der Waals surface area contributed by atoms with E-state index < -0.39 is 0 Å². The van der Waals surface area contributed by atoms with E-state index in [2.05, 4.69) is 173 Å². The molecule has 202 valence electrons. The van der Waals surface area contributed by atoms with Gasteiger partial charge in [-0.2, -0.15) is 0 Å². The molecule has 0 N–H and O–H groups in total. The monoisotopic (exact) mass is 526 g/mol. The Morgan fingerprint density at radius 3 is 1.95 bits per heavy atom. The molecule has 2 aromatic heterocycles. The number of nitrogens with zero attached hydrogens (tertiary/aromatic N) is 2. The van der Waals surface area contributed by atoms with Gasteiger partial charge in [-0.3, -0.25) is 0 Å². The molecular formula is C38H42N2+2. The van der Waals surface area contributed by atoms with Crippen molar-refractivity contribution in [3.05, 3.63) is 155 Å². The Kier molecular flexibility index (Phi) is 7.47. The van der Waals surface area contributed by atoms with Gasteiger partial charge in [-0.25, -0.2) is 9.13 Å². The molecule has 5 aromatic rings. The van der Waals surface area contributed by atoms with Gasteiger partial charge in [0.15, 0.2) is 23.3 Å². The summed E-state index contributed by atoms with van der Waals surface area (Å²) in [7, 11) is 4.41. The van der Waals surface area contributed by atoms with Crippen LogP contribution in [0.1, 0.15) is 60.1 Å². The highest BCUT2D eigenvalue weighted by Gasteiger charge is 2.41. The van der Waals surface area contributed by atoms with Crippen LogP contribution < -0.4 is 9.13 Å². The molecule has 0 saturated heterocycles. The largest absolute Gasteiger partial charge is 0.204 e. The predicted octanol–water partition coefficient (Wildman–Crippen LogP) is 7.49. The van der Waals surface area contributed by atoms with Gasteiger partial charge in [0.2, 0.25) is 0 Å². The van der Waals surface area contributed by atoms with Gasteiger partial charge in [-0.1, -0.05) is 72.8 Å². The van der Waals surface area contributed by atoms with Gasteiger partial charge < -0.3 is 0 Å². The standard InChI is InChI=1S/C38H42N2/c1-28-16-11-12-20-33(28)37(3,4)35-22-15-19-32(40(35)7)27-38(5,36-21-13-14-25-39(36)6)34-26-31(24-23-29(34)2)30-17-9-8-10-18-30/h8-26H,27H2,1-7H3/q+2. The van der Waals surface area contributed by atoms with Crippen LogP contribution in [0.3, 0.4) is 0 Å². The maximum absolute atomic E-state index is 2.43. The Bertz CT molecular complexity index is 1650. The van der Waals surface area contributed by atoms with E-state index in [1.54, 1.807) is 0 Å². The lowest BCUT2D eigenvalue weighted by molar-refractivity contribution is -0.692. The minimum absolute atomic E-state index is 0.132. The smallest absolute Gasteiger partial charge is 0.192 e. The first-order chi connectivity index (χ1) is 19.1. The third kappa shape index (κ3) is 4.99. The molecule has 0 spiro atoms. The molecule has 0 bridgehead atoms. The third-order valence-electron chi connectivity index (χ3n) is 8.89. The maximum Gasteiger partial charge on any atom is 0.192 e. The van der Waals surface area contributed by atoms with Crippen molar-refractivity contribution in [1.82, 2.24) is 0 Å². The van der Waals surface area contributed by atoms with E-state index in [9.17, 15) is 0 Å². The van der Waals surface area contributed by atoms with E-state index in [1.165, 1.54) is 50.5 Å². The summed E-state index contributed by atoms with van der Waals surface area (Å²) in [5, 5.41) is 0. The molecule has 2 heteroatoms. The van der Waals surface area contributed by atoms with Crippen LogP contribution in [0.4, 0.5) is 0 Å². The van der Waals surface area contributed by atoms with Crippen molar-refractivity contribution in [2.75, 3.05) is 0 Å².